The summed E-state index contributed by atoms with van der Waals surface area (Å²) in [4.78, 5) is 27.6. The molecule has 0 aliphatic carbocycles. The maximum atomic E-state index is 13.2. The summed E-state index contributed by atoms with van der Waals surface area (Å²) in [6, 6.07) is 13.4. The number of hydrogen-bond donors (Lipinski definition) is 3. The van der Waals surface area contributed by atoms with Gasteiger partial charge in [-0.3, -0.25) is 9.59 Å². The summed E-state index contributed by atoms with van der Waals surface area (Å²) < 4.78 is 15.6. The minimum absolute atomic E-state index is 0.000825. The summed E-state index contributed by atoms with van der Waals surface area (Å²) in [6.07, 6.45) is 1.42. The smallest absolute Gasteiger partial charge is 0.291 e. The summed E-state index contributed by atoms with van der Waals surface area (Å²) in [7, 11) is 1.47. The van der Waals surface area contributed by atoms with Crippen LogP contribution in [0.2, 0.25) is 0 Å². The van der Waals surface area contributed by atoms with Crippen LogP contribution in [0.25, 0.3) is 0 Å². The Hall–Kier alpha value is -3.98. The predicted octanol–water partition coefficient (Wildman–Crippen LogP) is 3.01. The second kappa shape index (κ2) is 10.1. The number of phenols is 1. The summed E-state index contributed by atoms with van der Waals surface area (Å²) >= 11 is 0. The number of methoxy groups -OCH3 is 1. The fraction of sp³-hybridized carbons (Fsp3) is 0.250. The normalized spacial score (nSPS) is 13.4. The zero-order chi connectivity index (χ0) is 23.2. The molecule has 9 heteroatoms. The molecule has 1 aliphatic rings. The third-order valence-electron chi connectivity index (χ3n) is 5.29. The van der Waals surface area contributed by atoms with Gasteiger partial charge >= 0.3 is 0 Å². The highest BCUT2D eigenvalue weighted by Gasteiger charge is 2.20. The maximum absolute atomic E-state index is 13.2. The molecule has 4 rings (SSSR count). The number of morpholine rings is 1. The number of furan rings is 1. The van der Waals surface area contributed by atoms with E-state index in [-0.39, 0.29) is 24.0 Å². The molecule has 1 fully saturated rings. The Morgan fingerprint density at radius 2 is 1.91 bits per heavy atom. The van der Waals surface area contributed by atoms with Crippen molar-refractivity contribution in [1.29, 1.82) is 0 Å². The van der Waals surface area contributed by atoms with Gasteiger partial charge in [-0.25, -0.2) is 0 Å². The van der Waals surface area contributed by atoms with Crippen molar-refractivity contribution in [3.05, 3.63) is 71.7 Å². The second-order valence-electron chi connectivity index (χ2n) is 7.45. The lowest BCUT2D eigenvalue weighted by atomic mass is 10.1. The van der Waals surface area contributed by atoms with E-state index in [1.807, 2.05) is 6.07 Å². The predicted molar refractivity (Wildman–Crippen MR) is 122 cm³/mol. The van der Waals surface area contributed by atoms with Crippen LogP contribution in [0.5, 0.6) is 11.5 Å². The van der Waals surface area contributed by atoms with Crippen LogP contribution in [0, 0.1) is 0 Å². The Morgan fingerprint density at radius 1 is 1.09 bits per heavy atom. The number of carbonyl (C=O) groups is 2. The first-order valence-electron chi connectivity index (χ1n) is 10.5. The molecule has 1 aliphatic heterocycles. The van der Waals surface area contributed by atoms with Crippen LogP contribution in [-0.4, -0.2) is 50.3 Å². The highest BCUT2D eigenvalue weighted by molar-refractivity contribution is 6.05. The van der Waals surface area contributed by atoms with Crippen molar-refractivity contribution in [1.82, 2.24) is 5.32 Å². The van der Waals surface area contributed by atoms with Crippen molar-refractivity contribution in [3.8, 4) is 11.5 Å². The number of rotatable bonds is 7. The van der Waals surface area contributed by atoms with E-state index in [4.69, 9.17) is 13.9 Å². The lowest BCUT2D eigenvalue weighted by Gasteiger charge is -2.30. The first kappa shape index (κ1) is 22.2. The number of anilines is 2. The fourth-order valence-electron chi connectivity index (χ4n) is 3.60. The van der Waals surface area contributed by atoms with Crippen LogP contribution in [0.1, 0.15) is 26.5 Å². The second-order valence-corrected chi connectivity index (χ2v) is 7.45. The van der Waals surface area contributed by atoms with Gasteiger partial charge in [-0.05, 0) is 48.0 Å². The number of phenolic OH excluding ortho intramolecular Hbond substituents is 1. The molecule has 2 amide bonds. The molecule has 2 aromatic carbocycles. The topological polar surface area (TPSA) is 113 Å². The van der Waals surface area contributed by atoms with Gasteiger partial charge in [0.1, 0.15) is 0 Å². The maximum Gasteiger partial charge on any atom is 0.291 e. The molecule has 3 aromatic rings. The van der Waals surface area contributed by atoms with Crippen molar-refractivity contribution >= 4 is 23.2 Å². The molecular formula is C24H25N3O6. The minimum atomic E-state index is -0.404. The molecule has 1 saturated heterocycles. The van der Waals surface area contributed by atoms with E-state index < -0.39 is 5.91 Å². The SMILES string of the molecule is COc1ccc(CNC(=O)c2cc(NC(=O)c3ccco3)ccc2N2CCOCC2)cc1O. The summed E-state index contributed by atoms with van der Waals surface area (Å²) in [6.45, 7) is 2.67. The average Bonchev–Trinajstić information content (AvgIpc) is 3.38. The Labute approximate surface area is 190 Å². The van der Waals surface area contributed by atoms with Crippen LogP contribution < -0.4 is 20.3 Å². The quantitative estimate of drug-likeness (QED) is 0.506. The van der Waals surface area contributed by atoms with E-state index in [9.17, 15) is 14.7 Å². The van der Waals surface area contributed by atoms with Crippen molar-refractivity contribution in [2.75, 3.05) is 43.6 Å². The van der Waals surface area contributed by atoms with Gasteiger partial charge in [0.05, 0.1) is 32.2 Å². The molecule has 0 radical (unpaired) electrons. The largest absolute Gasteiger partial charge is 0.504 e. The molecule has 0 saturated carbocycles. The molecule has 3 N–H and O–H groups in total. The monoisotopic (exact) mass is 451 g/mol. The molecule has 0 spiro atoms. The lowest BCUT2D eigenvalue weighted by Crippen LogP contribution is -2.38. The first-order valence-corrected chi connectivity index (χ1v) is 10.5. The van der Waals surface area contributed by atoms with Crippen molar-refractivity contribution in [2.45, 2.75) is 6.54 Å². The van der Waals surface area contributed by atoms with Crippen molar-refractivity contribution < 1.29 is 28.6 Å². The number of aromatic hydroxyl groups is 1. The van der Waals surface area contributed by atoms with Crippen LogP contribution in [0.3, 0.4) is 0 Å². The molecule has 1 aromatic heterocycles. The van der Waals surface area contributed by atoms with Gasteiger partial charge in [0.2, 0.25) is 0 Å². The molecule has 0 unspecified atom stereocenters. The average molecular weight is 451 g/mol. The first-order chi connectivity index (χ1) is 16.0. The highest BCUT2D eigenvalue weighted by Crippen LogP contribution is 2.28. The molecule has 9 nitrogen and oxygen atoms in total. The molecule has 0 bridgehead atoms. The number of hydrogen-bond acceptors (Lipinski definition) is 7. The van der Waals surface area contributed by atoms with E-state index in [1.54, 1.807) is 42.5 Å². The number of amides is 2. The van der Waals surface area contributed by atoms with Crippen molar-refractivity contribution in [3.63, 3.8) is 0 Å². The lowest BCUT2D eigenvalue weighted by molar-refractivity contribution is 0.0947. The fourth-order valence-corrected chi connectivity index (χ4v) is 3.60. The Balaban J connectivity index is 1.55. The molecule has 0 atom stereocenters. The van der Waals surface area contributed by atoms with Gasteiger partial charge in [0.15, 0.2) is 17.3 Å². The zero-order valence-electron chi connectivity index (χ0n) is 18.2. The summed E-state index contributed by atoms with van der Waals surface area (Å²) in [5, 5.41) is 15.6. The van der Waals surface area contributed by atoms with Crippen molar-refractivity contribution in [2.24, 2.45) is 0 Å². The Morgan fingerprint density at radius 3 is 2.61 bits per heavy atom. The molecule has 2 heterocycles. The van der Waals surface area contributed by atoms with Crippen LogP contribution in [0.15, 0.2) is 59.2 Å². The van der Waals surface area contributed by atoms with E-state index in [1.165, 1.54) is 13.4 Å². The van der Waals surface area contributed by atoms with Crippen LogP contribution >= 0.6 is 0 Å². The Bertz CT molecular complexity index is 1120. The van der Waals surface area contributed by atoms with Crippen LogP contribution in [0.4, 0.5) is 11.4 Å². The standard InChI is InChI=1S/C24H25N3O6/c1-31-21-7-4-16(13-20(21)28)15-25-23(29)18-14-17(26-24(30)22-3-2-10-33-22)5-6-19(18)27-8-11-32-12-9-27/h2-7,10,13-14,28H,8-9,11-12,15H2,1H3,(H,25,29)(H,26,30). The third-order valence-corrected chi connectivity index (χ3v) is 5.29. The van der Waals surface area contributed by atoms with Gasteiger partial charge in [-0.2, -0.15) is 0 Å². The molecule has 172 valence electrons. The molecular weight excluding hydrogens is 426 g/mol. The van der Waals surface area contributed by atoms with E-state index in [2.05, 4.69) is 15.5 Å². The van der Waals surface area contributed by atoms with Gasteiger partial charge < -0.3 is 34.5 Å². The van der Waals surface area contributed by atoms with E-state index in [0.29, 0.717) is 43.3 Å². The minimum Gasteiger partial charge on any atom is -0.504 e. The summed E-state index contributed by atoms with van der Waals surface area (Å²) in [5.74, 6) is -0.168. The van der Waals surface area contributed by atoms with Gasteiger partial charge in [0.25, 0.3) is 11.8 Å². The number of carbonyl (C=O) groups excluding carboxylic acids is 2. The van der Waals surface area contributed by atoms with Gasteiger partial charge in [-0.15, -0.1) is 0 Å². The Kier molecular flexibility index (Phi) is 6.80. The summed E-state index contributed by atoms with van der Waals surface area (Å²) in [5.41, 5.74) is 2.37. The number of ether oxygens (including phenoxy) is 2. The highest BCUT2D eigenvalue weighted by atomic mass is 16.5. The molecule has 33 heavy (non-hydrogen) atoms. The van der Waals surface area contributed by atoms with Gasteiger partial charge in [0, 0.05) is 31.0 Å². The zero-order valence-corrected chi connectivity index (χ0v) is 18.2. The van der Waals surface area contributed by atoms with Crippen LogP contribution in [-0.2, 0) is 11.3 Å². The number of benzene rings is 2. The third kappa shape index (κ3) is 5.27. The van der Waals surface area contributed by atoms with E-state index >= 15 is 0 Å². The number of nitrogens with one attached hydrogen (secondary N) is 2. The van der Waals surface area contributed by atoms with Gasteiger partial charge in [-0.1, -0.05) is 6.07 Å². The number of nitrogens with zero attached hydrogens (tertiary/aromatic N) is 1. The van der Waals surface area contributed by atoms with E-state index in [0.717, 1.165) is 11.3 Å².